The van der Waals surface area contributed by atoms with E-state index in [1.807, 2.05) is 0 Å². The van der Waals surface area contributed by atoms with Crippen molar-refractivity contribution in [1.29, 1.82) is 0 Å². The predicted octanol–water partition coefficient (Wildman–Crippen LogP) is 2.59. The lowest BCUT2D eigenvalue weighted by atomic mass is 9.83. The second kappa shape index (κ2) is 3.77. The standard InChI is InChI=1S/C13H13F3N2S/c14-13(15,16)9-4-2-1-3-8(9)12-6-5-11(17,18)7-10(12)19-12/h1-6,10H,7,17-18H2. The molecule has 2 atom stereocenters. The summed E-state index contributed by atoms with van der Waals surface area (Å²) in [6.07, 6.45) is -0.500. The van der Waals surface area contributed by atoms with Gasteiger partial charge in [0.2, 0.25) is 0 Å². The minimum absolute atomic E-state index is 0.0241. The van der Waals surface area contributed by atoms with E-state index in [-0.39, 0.29) is 5.25 Å². The fourth-order valence-corrected chi connectivity index (χ4v) is 4.12. The second-order valence-corrected chi connectivity index (χ2v) is 6.57. The maximum atomic E-state index is 13.1. The van der Waals surface area contributed by atoms with Crippen molar-refractivity contribution >= 4 is 11.8 Å². The molecule has 1 aliphatic carbocycles. The Balaban J connectivity index is 2.07. The number of hydrogen-bond acceptors (Lipinski definition) is 3. The molecule has 2 unspecified atom stereocenters. The average molecular weight is 286 g/mol. The van der Waals surface area contributed by atoms with Gasteiger partial charge in [0.05, 0.1) is 16.0 Å². The molecule has 6 heteroatoms. The molecule has 3 rings (SSSR count). The molecule has 0 spiro atoms. The van der Waals surface area contributed by atoms with Crippen LogP contribution in [0.25, 0.3) is 0 Å². The van der Waals surface area contributed by atoms with E-state index in [0.717, 1.165) is 6.07 Å². The Morgan fingerprint density at radius 1 is 1.16 bits per heavy atom. The lowest BCUT2D eigenvalue weighted by Crippen LogP contribution is -2.50. The van der Waals surface area contributed by atoms with E-state index >= 15 is 0 Å². The van der Waals surface area contributed by atoms with Crippen molar-refractivity contribution < 1.29 is 13.2 Å². The molecule has 1 aromatic carbocycles. The first-order valence-electron chi connectivity index (χ1n) is 5.87. The van der Waals surface area contributed by atoms with Gasteiger partial charge in [0.25, 0.3) is 0 Å². The fraction of sp³-hybridized carbons (Fsp3) is 0.385. The molecule has 102 valence electrons. The van der Waals surface area contributed by atoms with Gasteiger partial charge >= 0.3 is 6.18 Å². The van der Waals surface area contributed by atoms with Crippen molar-refractivity contribution in [1.82, 2.24) is 0 Å². The van der Waals surface area contributed by atoms with Crippen LogP contribution < -0.4 is 11.5 Å². The molecule has 1 fully saturated rings. The third kappa shape index (κ3) is 2.07. The summed E-state index contributed by atoms with van der Waals surface area (Å²) in [7, 11) is 0. The van der Waals surface area contributed by atoms with Crippen LogP contribution in [-0.2, 0) is 10.9 Å². The highest BCUT2D eigenvalue weighted by atomic mass is 32.2. The molecule has 1 saturated heterocycles. The quantitative estimate of drug-likeness (QED) is 0.474. The monoisotopic (exact) mass is 286 g/mol. The molecule has 0 bridgehead atoms. The number of benzene rings is 1. The molecule has 1 aliphatic heterocycles. The lowest BCUT2D eigenvalue weighted by molar-refractivity contribution is -0.138. The van der Waals surface area contributed by atoms with Gasteiger partial charge < -0.3 is 11.5 Å². The SMILES string of the molecule is NC1(N)C=CC2(c3ccccc3C(F)(F)F)SC2C1. The largest absolute Gasteiger partial charge is 0.416 e. The Hall–Kier alpha value is -0.980. The van der Waals surface area contributed by atoms with Gasteiger partial charge in [-0.2, -0.15) is 13.2 Å². The van der Waals surface area contributed by atoms with Crippen LogP contribution in [0.1, 0.15) is 17.5 Å². The number of hydrogen-bond donors (Lipinski definition) is 2. The highest BCUT2D eigenvalue weighted by molar-refractivity contribution is 8.08. The number of thioether (sulfide) groups is 1. The lowest BCUT2D eigenvalue weighted by Gasteiger charge is -2.27. The van der Waals surface area contributed by atoms with E-state index in [2.05, 4.69) is 0 Å². The van der Waals surface area contributed by atoms with Crippen LogP contribution in [-0.4, -0.2) is 10.9 Å². The van der Waals surface area contributed by atoms with Crippen molar-refractivity contribution in [3.05, 3.63) is 47.5 Å². The van der Waals surface area contributed by atoms with Gasteiger partial charge in [0, 0.05) is 5.25 Å². The first-order chi connectivity index (χ1) is 8.75. The normalized spacial score (nSPS) is 31.9. The average Bonchev–Trinajstić information content (AvgIpc) is 3.01. The molecule has 0 aromatic heterocycles. The van der Waals surface area contributed by atoms with E-state index in [0.29, 0.717) is 12.0 Å². The molecule has 4 N–H and O–H groups in total. The summed E-state index contributed by atoms with van der Waals surface area (Å²) in [6, 6.07) is 5.71. The molecular formula is C13H13F3N2S. The summed E-state index contributed by atoms with van der Waals surface area (Å²) < 4.78 is 38.6. The number of rotatable bonds is 1. The molecule has 0 radical (unpaired) electrons. The van der Waals surface area contributed by atoms with Crippen molar-refractivity contribution in [3.8, 4) is 0 Å². The Morgan fingerprint density at radius 3 is 2.47 bits per heavy atom. The number of nitrogens with two attached hydrogens (primary N) is 2. The van der Waals surface area contributed by atoms with E-state index in [4.69, 9.17) is 11.5 Å². The van der Waals surface area contributed by atoms with Gasteiger partial charge in [-0.15, -0.1) is 11.8 Å². The molecule has 19 heavy (non-hydrogen) atoms. The Morgan fingerprint density at radius 2 is 1.84 bits per heavy atom. The predicted molar refractivity (Wildman–Crippen MR) is 69.4 cm³/mol. The zero-order valence-corrected chi connectivity index (χ0v) is 10.8. The maximum Gasteiger partial charge on any atom is 0.416 e. The Labute approximate surface area is 113 Å². The van der Waals surface area contributed by atoms with Gasteiger partial charge in [-0.1, -0.05) is 30.4 Å². The smallest absolute Gasteiger partial charge is 0.310 e. The van der Waals surface area contributed by atoms with Crippen LogP contribution in [0, 0.1) is 0 Å². The van der Waals surface area contributed by atoms with Crippen LogP contribution in [0.4, 0.5) is 13.2 Å². The van der Waals surface area contributed by atoms with E-state index in [1.165, 1.54) is 17.8 Å². The van der Waals surface area contributed by atoms with Gasteiger partial charge in [-0.25, -0.2) is 0 Å². The number of alkyl halides is 3. The second-order valence-electron chi connectivity index (χ2n) is 5.09. The van der Waals surface area contributed by atoms with Gasteiger partial charge in [0.15, 0.2) is 0 Å². The highest BCUT2D eigenvalue weighted by Crippen LogP contribution is 2.67. The van der Waals surface area contributed by atoms with Gasteiger partial charge in [-0.3, -0.25) is 0 Å². The maximum absolute atomic E-state index is 13.1. The van der Waals surface area contributed by atoms with Crippen molar-refractivity contribution in [3.63, 3.8) is 0 Å². The summed E-state index contributed by atoms with van der Waals surface area (Å²) in [5.41, 5.74) is 10.4. The zero-order valence-electron chi connectivity index (χ0n) is 9.95. The number of halogens is 3. The van der Waals surface area contributed by atoms with Crippen molar-refractivity contribution in [2.24, 2.45) is 11.5 Å². The molecule has 0 saturated carbocycles. The Bertz CT molecular complexity index is 553. The molecule has 0 amide bonds. The van der Waals surface area contributed by atoms with E-state index in [9.17, 15) is 13.2 Å². The van der Waals surface area contributed by atoms with E-state index < -0.39 is 22.1 Å². The van der Waals surface area contributed by atoms with Crippen LogP contribution >= 0.6 is 11.8 Å². The summed E-state index contributed by atoms with van der Waals surface area (Å²) in [5, 5.41) is 0.0241. The first kappa shape index (κ1) is 13.0. The van der Waals surface area contributed by atoms with Crippen LogP contribution in [0.5, 0.6) is 0 Å². The molecule has 2 nitrogen and oxygen atoms in total. The summed E-state index contributed by atoms with van der Waals surface area (Å²) >= 11 is 1.49. The fourth-order valence-electron chi connectivity index (χ4n) is 2.61. The third-order valence-corrected chi connectivity index (χ3v) is 5.19. The minimum atomic E-state index is -4.34. The molecule has 2 aliphatic rings. The third-order valence-electron chi connectivity index (χ3n) is 3.59. The summed E-state index contributed by atoms with van der Waals surface area (Å²) in [6.45, 7) is 0. The van der Waals surface area contributed by atoms with Gasteiger partial charge in [0.1, 0.15) is 0 Å². The summed E-state index contributed by atoms with van der Waals surface area (Å²) in [4.78, 5) is 0. The first-order valence-corrected chi connectivity index (χ1v) is 6.75. The highest BCUT2D eigenvalue weighted by Gasteiger charge is 2.60. The van der Waals surface area contributed by atoms with Crippen LogP contribution in [0.2, 0.25) is 0 Å². The van der Waals surface area contributed by atoms with Gasteiger partial charge in [-0.05, 0) is 18.1 Å². The van der Waals surface area contributed by atoms with E-state index in [1.54, 1.807) is 24.3 Å². The van der Waals surface area contributed by atoms with Crippen LogP contribution in [0.3, 0.4) is 0 Å². The van der Waals surface area contributed by atoms with Crippen LogP contribution in [0.15, 0.2) is 36.4 Å². The number of fused-ring (bicyclic) bond motifs is 1. The Kier molecular flexibility index (Phi) is 2.59. The molecule has 1 heterocycles. The minimum Gasteiger partial charge on any atom is -0.310 e. The van der Waals surface area contributed by atoms with Crippen molar-refractivity contribution in [2.75, 3.05) is 0 Å². The van der Waals surface area contributed by atoms with Crippen molar-refractivity contribution in [2.45, 2.75) is 28.3 Å². The topological polar surface area (TPSA) is 52.0 Å². The zero-order chi connectivity index (χ0) is 13.9. The molecule has 1 aromatic rings. The summed E-state index contributed by atoms with van der Waals surface area (Å²) in [5.74, 6) is 0. The molecular weight excluding hydrogens is 273 g/mol.